The Balaban J connectivity index is 2.16. The molecule has 2 aromatic carbocycles. The Hall–Kier alpha value is -0.220. The van der Waals surface area contributed by atoms with Crippen LogP contribution in [0.1, 0.15) is 11.1 Å². The molecule has 0 aliphatic rings. The van der Waals surface area contributed by atoms with Gasteiger partial charge in [-0.05, 0) is 58.2 Å². The SMILES string of the molecule is Cc1cc(Br)c(NCc2ccc(Cl)cc2Br)cc1Cl. The van der Waals surface area contributed by atoms with Gasteiger partial charge in [-0.1, -0.05) is 45.2 Å². The first kappa shape index (κ1) is 15.2. The minimum atomic E-state index is 0.690. The van der Waals surface area contributed by atoms with Crippen LogP contribution in [-0.2, 0) is 6.54 Å². The fraction of sp³-hybridized carbons (Fsp3) is 0.143. The smallest absolute Gasteiger partial charge is 0.0502 e. The Morgan fingerprint density at radius 1 is 1.05 bits per heavy atom. The van der Waals surface area contributed by atoms with Crippen molar-refractivity contribution in [3.63, 3.8) is 0 Å². The first-order chi connectivity index (χ1) is 8.97. The second-order valence-corrected chi connectivity index (χ2v) is 6.72. The highest BCUT2D eigenvalue weighted by molar-refractivity contribution is 9.11. The Bertz CT molecular complexity index is 615. The van der Waals surface area contributed by atoms with E-state index in [-0.39, 0.29) is 0 Å². The highest BCUT2D eigenvalue weighted by atomic mass is 79.9. The quantitative estimate of drug-likeness (QED) is 0.599. The van der Waals surface area contributed by atoms with Crippen molar-refractivity contribution in [2.45, 2.75) is 13.5 Å². The number of hydrogen-bond acceptors (Lipinski definition) is 1. The lowest BCUT2D eigenvalue weighted by atomic mass is 10.2. The summed E-state index contributed by atoms with van der Waals surface area (Å²) < 4.78 is 1.99. The minimum Gasteiger partial charge on any atom is -0.380 e. The summed E-state index contributed by atoms with van der Waals surface area (Å²) in [5.74, 6) is 0. The van der Waals surface area contributed by atoms with E-state index in [0.29, 0.717) is 6.54 Å². The van der Waals surface area contributed by atoms with E-state index in [1.54, 1.807) is 0 Å². The van der Waals surface area contributed by atoms with Crippen LogP contribution >= 0.6 is 55.1 Å². The molecule has 0 aliphatic heterocycles. The number of rotatable bonds is 3. The van der Waals surface area contributed by atoms with Gasteiger partial charge < -0.3 is 5.32 Å². The molecule has 2 aromatic rings. The molecule has 0 fully saturated rings. The molecule has 1 nitrogen and oxygen atoms in total. The number of aryl methyl sites for hydroxylation is 1. The van der Waals surface area contributed by atoms with Crippen molar-refractivity contribution in [3.8, 4) is 0 Å². The highest BCUT2D eigenvalue weighted by Crippen LogP contribution is 2.30. The molecule has 0 saturated carbocycles. The van der Waals surface area contributed by atoms with Crippen molar-refractivity contribution in [2.75, 3.05) is 5.32 Å². The third-order valence-electron chi connectivity index (χ3n) is 2.73. The Morgan fingerprint density at radius 3 is 2.47 bits per heavy atom. The van der Waals surface area contributed by atoms with Crippen LogP contribution < -0.4 is 5.32 Å². The molecule has 0 spiro atoms. The number of nitrogens with one attached hydrogen (secondary N) is 1. The molecule has 5 heteroatoms. The number of hydrogen-bond donors (Lipinski definition) is 1. The maximum atomic E-state index is 6.13. The fourth-order valence-electron chi connectivity index (χ4n) is 1.64. The second-order valence-electron chi connectivity index (χ2n) is 4.17. The molecule has 0 saturated heterocycles. The van der Waals surface area contributed by atoms with Crippen LogP contribution in [0.3, 0.4) is 0 Å². The van der Waals surface area contributed by atoms with E-state index >= 15 is 0 Å². The molecule has 0 radical (unpaired) electrons. The standard InChI is InChI=1S/C14H11Br2Cl2N/c1-8-4-12(16)14(6-13(8)18)19-7-9-2-3-10(17)5-11(9)15/h2-6,19H,7H2,1H3. The molecular weight excluding hydrogens is 413 g/mol. The van der Waals surface area contributed by atoms with Gasteiger partial charge in [-0.25, -0.2) is 0 Å². The molecule has 2 rings (SSSR count). The maximum absolute atomic E-state index is 6.13. The predicted octanol–water partition coefficient (Wildman–Crippen LogP) is 6.44. The summed E-state index contributed by atoms with van der Waals surface area (Å²) in [5.41, 5.74) is 3.15. The molecule has 0 atom stereocenters. The average molecular weight is 424 g/mol. The van der Waals surface area contributed by atoms with Gasteiger partial charge in [0, 0.05) is 25.5 Å². The van der Waals surface area contributed by atoms with Crippen LogP contribution in [0.4, 0.5) is 5.69 Å². The van der Waals surface area contributed by atoms with Crippen molar-refractivity contribution in [3.05, 3.63) is 60.4 Å². The lowest BCUT2D eigenvalue weighted by Crippen LogP contribution is -2.01. The summed E-state index contributed by atoms with van der Waals surface area (Å²) in [6.07, 6.45) is 0. The van der Waals surface area contributed by atoms with E-state index in [0.717, 1.165) is 35.8 Å². The van der Waals surface area contributed by atoms with Crippen LogP contribution in [-0.4, -0.2) is 0 Å². The summed E-state index contributed by atoms with van der Waals surface area (Å²) in [6.45, 7) is 2.67. The maximum Gasteiger partial charge on any atom is 0.0502 e. The minimum absolute atomic E-state index is 0.690. The first-order valence-corrected chi connectivity index (χ1v) is 7.95. The summed E-state index contributed by atoms with van der Waals surface area (Å²) in [7, 11) is 0. The Labute approximate surface area is 139 Å². The Morgan fingerprint density at radius 2 is 1.79 bits per heavy atom. The zero-order valence-electron chi connectivity index (χ0n) is 10.1. The lowest BCUT2D eigenvalue weighted by molar-refractivity contribution is 1.13. The normalized spacial score (nSPS) is 10.6. The molecule has 100 valence electrons. The monoisotopic (exact) mass is 421 g/mol. The van der Waals surface area contributed by atoms with Crippen molar-refractivity contribution in [1.82, 2.24) is 0 Å². The lowest BCUT2D eigenvalue weighted by Gasteiger charge is -2.12. The molecule has 0 heterocycles. The van der Waals surface area contributed by atoms with Crippen molar-refractivity contribution < 1.29 is 0 Å². The van der Waals surface area contributed by atoms with Crippen LogP contribution in [0.15, 0.2) is 39.3 Å². The van der Waals surface area contributed by atoms with Gasteiger partial charge in [-0.15, -0.1) is 0 Å². The zero-order chi connectivity index (χ0) is 14.0. The summed E-state index contributed by atoms with van der Waals surface area (Å²) in [4.78, 5) is 0. The average Bonchev–Trinajstić information content (AvgIpc) is 2.34. The van der Waals surface area contributed by atoms with Gasteiger partial charge in [0.1, 0.15) is 0 Å². The van der Waals surface area contributed by atoms with Crippen molar-refractivity contribution in [2.24, 2.45) is 0 Å². The largest absolute Gasteiger partial charge is 0.380 e. The second kappa shape index (κ2) is 6.49. The summed E-state index contributed by atoms with van der Waals surface area (Å²) >= 11 is 19.1. The molecule has 1 N–H and O–H groups in total. The number of anilines is 1. The Kier molecular flexibility index (Phi) is 5.18. The predicted molar refractivity (Wildman–Crippen MR) is 90.4 cm³/mol. The van der Waals surface area contributed by atoms with Crippen LogP contribution in [0.5, 0.6) is 0 Å². The van der Waals surface area contributed by atoms with E-state index in [4.69, 9.17) is 23.2 Å². The molecule has 0 aliphatic carbocycles. The fourth-order valence-corrected chi connectivity index (χ4v) is 3.22. The van der Waals surface area contributed by atoms with Crippen LogP contribution in [0, 0.1) is 6.92 Å². The van der Waals surface area contributed by atoms with Gasteiger partial charge in [0.15, 0.2) is 0 Å². The number of benzene rings is 2. The van der Waals surface area contributed by atoms with Gasteiger partial charge in [-0.2, -0.15) is 0 Å². The zero-order valence-corrected chi connectivity index (χ0v) is 14.8. The van der Waals surface area contributed by atoms with Gasteiger partial charge in [0.2, 0.25) is 0 Å². The van der Waals surface area contributed by atoms with E-state index in [9.17, 15) is 0 Å². The van der Waals surface area contributed by atoms with Gasteiger partial charge in [0.25, 0.3) is 0 Å². The van der Waals surface area contributed by atoms with E-state index in [2.05, 4.69) is 37.2 Å². The van der Waals surface area contributed by atoms with Crippen LogP contribution in [0.2, 0.25) is 10.0 Å². The summed E-state index contributed by atoms with van der Waals surface area (Å²) in [6, 6.07) is 9.67. The topological polar surface area (TPSA) is 12.0 Å². The van der Waals surface area contributed by atoms with E-state index in [1.165, 1.54) is 0 Å². The third-order valence-corrected chi connectivity index (χ3v) is 4.77. The third kappa shape index (κ3) is 3.88. The first-order valence-electron chi connectivity index (χ1n) is 5.61. The van der Waals surface area contributed by atoms with Gasteiger partial charge in [-0.3, -0.25) is 0 Å². The van der Waals surface area contributed by atoms with Gasteiger partial charge >= 0.3 is 0 Å². The summed E-state index contributed by atoms with van der Waals surface area (Å²) in [5, 5.41) is 4.82. The highest BCUT2D eigenvalue weighted by Gasteiger charge is 2.06. The van der Waals surface area contributed by atoms with Crippen molar-refractivity contribution in [1.29, 1.82) is 0 Å². The van der Waals surface area contributed by atoms with Crippen molar-refractivity contribution >= 4 is 60.7 Å². The molecule has 0 bridgehead atoms. The molecule has 19 heavy (non-hydrogen) atoms. The van der Waals surface area contributed by atoms with E-state index < -0.39 is 0 Å². The van der Waals surface area contributed by atoms with Gasteiger partial charge in [0.05, 0.1) is 5.69 Å². The van der Waals surface area contributed by atoms with Crippen LogP contribution in [0.25, 0.3) is 0 Å². The molecular formula is C14H11Br2Cl2N. The van der Waals surface area contributed by atoms with E-state index in [1.807, 2.05) is 37.3 Å². The molecule has 0 unspecified atom stereocenters. The molecule has 0 amide bonds. The number of halogens is 4. The molecule has 0 aromatic heterocycles.